The van der Waals surface area contributed by atoms with Crippen LogP contribution in [0.2, 0.25) is 0 Å². The summed E-state index contributed by atoms with van der Waals surface area (Å²) in [6, 6.07) is 5.39. The van der Waals surface area contributed by atoms with Crippen LogP contribution in [0, 0.1) is 0 Å². The Balaban J connectivity index is 2.50. The third-order valence-electron chi connectivity index (χ3n) is 3.21. The van der Waals surface area contributed by atoms with E-state index in [2.05, 4.69) is 20.9 Å². The standard InChI is InChI=1S/C13H18N4O2/c1-8(18)19-9-5-6-11-10(7-9)13(15-3,16-4)12(14-2)17-11/h5-7,15-16H,1-4H3,(H,14,17). The summed E-state index contributed by atoms with van der Waals surface area (Å²) >= 11 is 0. The van der Waals surface area contributed by atoms with E-state index in [9.17, 15) is 4.79 Å². The lowest BCUT2D eigenvalue weighted by Gasteiger charge is -2.31. The van der Waals surface area contributed by atoms with Gasteiger partial charge in [-0.15, -0.1) is 0 Å². The Labute approximate surface area is 112 Å². The molecule has 0 saturated carbocycles. The Kier molecular flexibility index (Phi) is 3.55. The van der Waals surface area contributed by atoms with E-state index in [4.69, 9.17) is 4.74 Å². The molecule has 0 radical (unpaired) electrons. The Hall–Kier alpha value is -1.92. The number of likely N-dealkylation sites (N-methyl/N-ethyl adjacent to an activating group) is 3. The molecule has 0 spiro atoms. The maximum Gasteiger partial charge on any atom is 0.308 e. The number of esters is 1. The molecule has 1 aliphatic rings. The van der Waals surface area contributed by atoms with E-state index in [0.29, 0.717) is 5.75 Å². The Morgan fingerprint density at radius 2 is 1.95 bits per heavy atom. The van der Waals surface area contributed by atoms with Gasteiger partial charge in [-0.25, -0.2) is 4.99 Å². The van der Waals surface area contributed by atoms with Crippen molar-refractivity contribution in [2.24, 2.45) is 4.99 Å². The Morgan fingerprint density at radius 3 is 2.47 bits per heavy atom. The number of rotatable bonds is 3. The van der Waals surface area contributed by atoms with Crippen LogP contribution in [0.25, 0.3) is 0 Å². The van der Waals surface area contributed by atoms with Crippen molar-refractivity contribution >= 4 is 17.5 Å². The van der Waals surface area contributed by atoms with Crippen molar-refractivity contribution in [3.63, 3.8) is 0 Å². The van der Waals surface area contributed by atoms with E-state index in [1.165, 1.54) is 6.92 Å². The first-order valence-corrected chi connectivity index (χ1v) is 6.05. The van der Waals surface area contributed by atoms with Gasteiger partial charge in [-0.05, 0) is 32.3 Å². The van der Waals surface area contributed by atoms with Gasteiger partial charge in [0.05, 0.1) is 5.69 Å². The number of ether oxygens (including phenoxy) is 1. The monoisotopic (exact) mass is 262 g/mol. The number of fused-ring (bicyclic) bond motifs is 1. The molecule has 0 unspecified atom stereocenters. The van der Waals surface area contributed by atoms with Crippen molar-refractivity contribution in [1.82, 2.24) is 16.0 Å². The van der Waals surface area contributed by atoms with E-state index in [-0.39, 0.29) is 5.97 Å². The molecule has 2 rings (SSSR count). The molecule has 0 bridgehead atoms. The normalized spacial score (nSPS) is 15.7. The zero-order valence-electron chi connectivity index (χ0n) is 11.5. The van der Waals surface area contributed by atoms with Gasteiger partial charge in [-0.1, -0.05) is 0 Å². The van der Waals surface area contributed by atoms with Crippen LogP contribution in [0.5, 0.6) is 5.75 Å². The minimum atomic E-state index is -0.597. The molecule has 0 aromatic heterocycles. The molecule has 0 fully saturated rings. The second-order valence-corrected chi connectivity index (χ2v) is 4.23. The lowest BCUT2D eigenvalue weighted by Crippen LogP contribution is -2.58. The maximum atomic E-state index is 11.0. The number of amidine groups is 1. The quantitative estimate of drug-likeness (QED) is 0.419. The molecule has 0 atom stereocenters. The number of benzene rings is 1. The first kappa shape index (κ1) is 13.5. The predicted octanol–water partition coefficient (Wildman–Crippen LogP) is 0.466. The van der Waals surface area contributed by atoms with Gasteiger partial charge < -0.3 is 10.1 Å². The molecule has 6 nitrogen and oxygen atoms in total. The van der Waals surface area contributed by atoms with Crippen molar-refractivity contribution in [1.29, 1.82) is 0 Å². The number of aliphatic imine (C=N–C) groups is 1. The summed E-state index contributed by atoms with van der Waals surface area (Å²) in [5.74, 6) is 0.938. The lowest BCUT2D eigenvalue weighted by atomic mass is 9.99. The highest BCUT2D eigenvalue weighted by Gasteiger charge is 2.41. The van der Waals surface area contributed by atoms with Crippen LogP contribution >= 0.6 is 0 Å². The third kappa shape index (κ3) is 2.09. The van der Waals surface area contributed by atoms with E-state index < -0.39 is 5.66 Å². The number of carbonyl (C=O) groups excluding carboxylic acids is 1. The largest absolute Gasteiger partial charge is 0.427 e. The first-order valence-electron chi connectivity index (χ1n) is 6.05. The van der Waals surface area contributed by atoms with Crippen LogP contribution in [0.15, 0.2) is 23.2 Å². The minimum absolute atomic E-state index is 0.341. The summed E-state index contributed by atoms with van der Waals surface area (Å²) in [4.78, 5) is 15.6. The van der Waals surface area contributed by atoms with Crippen LogP contribution < -0.4 is 20.7 Å². The Morgan fingerprint density at radius 1 is 1.26 bits per heavy atom. The van der Waals surface area contributed by atoms with Crippen molar-refractivity contribution in [2.75, 3.05) is 21.1 Å². The molecule has 0 saturated heterocycles. The molecule has 1 heterocycles. The average molecular weight is 262 g/mol. The van der Waals surface area contributed by atoms with Gasteiger partial charge in [0.2, 0.25) is 0 Å². The molecule has 1 aliphatic heterocycles. The predicted molar refractivity (Wildman–Crippen MR) is 73.7 cm³/mol. The van der Waals surface area contributed by atoms with Crippen LogP contribution in [0.1, 0.15) is 12.5 Å². The maximum absolute atomic E-state index is 11.0. The summed E-state index contributed by atoms with van der Waals surface area (Å²) in [6.07, 6.45) is 0. The summed E-state index contributed by atoms with van der Waals surface area (Å²) < 4.78 is 5.12. The highest BCUT2D eigenvalue weighted by Crippen LogP contribution is 2.38. The van der Waals surface area contributed by atoms with Crippen molar-refractivity contribution in [2.45, 2.75) is 12.6 Å². The topological polar surface area (TPSA) is 74.8 Å². The zero-order valence-corrected chi connectivity index (χ0v) is 11.5. The number of nitrogens with one attached hydrogen (secondary N) is 3. The van der Waals surface area contributed by atoms with E-state index in [0.717, 1.165) is 17.1 Å². The molecule has 3 N–H and O–H groups in total. The number of hydrogen-bond donors (Lipinski definition) is 3. The van der Waals surface area contributed by atoms with Crippen LogP contribution in [-0.4, -0.2) is 32.9 Å². The summed E-state index contributed by atoms with van der Waals surface area (Å²) in [5, 5.41) is 9.52. The van der Waals surface area contributed by atoms with Gasteiger partial charge in [0, 0.05) is 19.5 Å². The summed E-state index contributed by atoms with van der Waals surface area (Å²) in [5.41, 5.74) is 1.16. The van der Waals surface area contributed by atoms with E-state index in [1.807, 2.05) is 33.3 Å². The van der Waals surface area contributed by atoms with Crippen LogP contribution in [0.3, 0.4) is 0 Å². The smallest absolute Gasteiger partial charge is 0.308 e. The molecule has 0 amide bonds. The Bertz CT molecular complexity index is 535. The third-order valence-corrected chi connectivity index (χ3v) is 3.21. The molecule has 1 aromatic rings. The number of carbonyl (C=O) groups is 1. The molecule has 102 valence electrons. The van der Waals surface area contributed by atoms with Gasteiger partial charge in [0.1, 0.15) is 11.6 Å². The molecular weight excluding hydrogens is 244 g/mol. The molecule has 6 heteroatoms. The van der Waals surface area contributed by atoms with E-state index >= 15 is 0 Å². The van der Waals surface area contributed by atoms with Crippen molar-refractivity contribution < 1.29 is 9.53 Å². The van der Waals surface area contributed by atoms with Crippen LogP contribution in [0.4, 0.5) is 5.69 Å². The fourth-order valence-electron chi connectivity index (χ4n) is 2.35. The minimum Gasteiger partial charge on any atom is -0.427 e. The fourth-order valence-corrected chi connectivity index (χ4v) is 2.35. The second-order valence-electron chi connectivity index (χ2n) is 4.23. The second kappa shape index (κ2) is 4.99. The van der Waals surface area contributed by atoms with E-state index in [1.54, 1.807) is 6.07 Å². The highest BCUT2D eigenvalue weighted by atomic mass is 16.5. The number of nitrogens with zero attached hydrogens (tertiary/aromatic N) is 1. The van der Waals surface area contributed by atoms with Gasteiger partial charge in [0.15, 0.2) is 5.66 Å². The summed E-state index contributed by atoms with van der Waals surface area (Å²) in [6.45, 7) is 1.38. The van der Waals surface area contributed by atoms with Gasteiger partial charge >= 0.3 is 5.97 Å². The fraction of sp³-hybridized carbons (Fsp3) is 0.385. The molecule has 19 heavy (non-hydrogen) atoms. The molecule has 1 aromatic carbocycles. The van der Waals surface area contributed by atoms with Gasteiger partial charge in [-0.2, -0.15) is 0 Å². The SMILES string of the molecule is CNC1=Nc2ccc(OC(C)=O)cc2C1(NC)NC. The molecule has 0 aliphatic carbocycles. The average Bonchev–Trinajstić information content (AvgIpc) is 2.71. The van der Waals surface area contributed by atoms with Gasteiger partial charge in [0.25, 0.3) is 0 Å². The van der Waals surface area contributed by atoms with Crippen molar-refractivity contribution in [3.05, 3.63) is 23.8 Å². The first-order chi connectivity index (χ1) is 9.07. The lowest BCUT2D eigenvalue weighted by molar-refractivity contribution is -0.131. The number of hydrogen-bond acceptors (Lipinski definition) is 6. The zero-order chi connectivity index (χ0) is 14.0. The van der Waals surface area contributed by atoms with Crippen molar-refractivity contribution in [3.8, 4) is 5.75 Å². The summed E-state index contributed by atoms with van der Waals surface area (Å²) in [7, 11) is 5.51. The highest BCUT2D eigenvalue weighted by molar-refractivity contribution is 5.99. The van der Waals surface area contributed by atoms with Gasteiger partial charge in [-0.3, -0.25) is 15.4 Å². The van der Waals surface area contributed by atoms with Crippen LogP contribution in [-0.2, 0) is 10.5 Å². The molecular formula is C13H18N4O2.